The highest BCUT2D eigenvalue weighted by molar-refractivity contribution is 9.10. The Morgan fingerprint density at radius 1 is 1.33 bits per heavy atom. The molecule has 1 aromatic rings. The zero-order valence-corrected chi connectivity index (χ0v) is 12.6. The first-order chi connectivity index (χ1) is 8.58. The van der Waals surface area contributed by atoms with Crippen LogP contribution >= 0.6 is 15.9 Å². The molecule has 0 aliphatic heterocycles. The van der Waals surface area contributed by atoms with Gasteiger partial charge in [-0.1, -0.05) is 41.4 Å². The third-order valence-electron chi connectivity index (χ3n) is 3.89. The van der Waals surface area contributed by atoms with Crippen LogP contribution < -0.4 is 0 Å². The predicted molar refractivity (Wildman–Crippen MR) is 77.1 cm³/mol. The maximum atomic E-state index is 12.3. The van der Waals surface area contributed by atoms with Gasteiger partial charge in [0.05, 0.1) is 0 Å². The molecule has 0 bridgehead atoms. The number of amides is 1. The molecule has 1 aliphatic rings. The molecule has 1 amide bonds. The summed E-state index contributed by atoms with van der Waals surface area (Å²) >= 11 is 3.42. The van der Waals surface area contributed by atoms with Crippen molar-refractivity contribution in [2.24, 2.45) is 11.8 Å². The molecule has 2 rings (SSSR count). The van der Waals surface area contributed by atoms with E-state index in [4.69, 9.17) is 0 Å². The van der Waals surface area contributed by atoms with Crippen LogP contribution in [0.15, 0.2) is 28.7 Å². The van der Waals surface area contributed by atoms with Crippen molar-refractivity contribution in [2.45, 2.75) is 32.7 Å². The van der Waals surface area contributed by atoms with Gasteiger partial charge in [-0.15, -0.1) is 0 Å². The maximum Gasteiger partial charge on any atom is 0.225 e. The van der Waals surface area contributed by atoms with Gasteiger partial charge < -0.3 is 4.90 Å². The Balaban J connectivity index is 1.97. The Hall–Kier alpha value is -0.830. The van der Waals surface area contributed by atoms with Gasteiger partial charge in [-0.2, -0.15) is 0 Å². The second-order valence-corrected chi connectivity index (χ2v) is 6.25. The number of nitrogens with zero attached hydrogens (tertiary/aromatic N) is 1. The maximum absolute atomic E-state index is 12.3. The van der Waals surface area contributed by atoms with Crippen molar-refractivity contribution in [2.75, 3.05) is 7.05 Å². The second kappa shape index (κ2) is 5.87. The van der Waals surface area contributed by atoms with Crippen LogP contribution in [0, 0.1) is 11.8 Å². The van der Waals surface area contributed by atoms with Gasteiger partial charge in [0.1, 0.15) is 0 Å². The normalized spacial score (nSPS) is 23.1. The van der Waals surface area contributed by atoms with Crippen molar-refractivity contribution in [3.05, 3.63) is 34.3 Å². The summed E-state index contributed by atoms with van der Waals surface area (Å²) in [5, 5.41) is 0. The molecule has 2 unspecified atom stereocenters. The summed E-state index contributed by atoms with van der Waals surface area (Å²) in [5.74, 6) is 1.10. The van der Waals surface area contributed by atoms with E-state index in [0.717, 1.165) is 10.9 Å². The monoisotopic (exact) mass is 309 g/mol. The van der Waals surface area contributed by atoms with Crippen LogP contribution in [0.4, 0.5) is 0 Å². The largest absolute Gasteiger partial charge is 0.341 e. The minimum Gasteiger partial charge on any atom is -0.341 e. The van der Waals surface area contributed by atoms with Gasteiger partial charge in [0.25, 0.3) is 0 Å². The molecule has 1 aliphatic carbocycles. The zero-order valence-electron chi connectivity index (χ0n) is 11.0. The molecule has 1 aromatic carbocycles. The van der Waals surface area contributed by atoms with E-state index in [1.165, 1.54) is 18.4 Å². The number of hydrogen-bond acceptors (Lipinski definition) is 1. The number of carbonyl (C=O) groups is 1. The van der Waals surface area contributed by atoms with Crippen LogP contribution in [-0.2, 0) is 11.3 Å². The topological polar surface area (TPSA) is 20.3 Å². The van der Waals surface area contributed by atoms with Gasteiger partial charge in [0.2, 0.25) is 5.91 Å². The van der Waals surface area contributed by atoms with Gasteiger partial charge in [-0.05, 0) is 36.5 Å². The van der Waals surface area contributed by atoms with Gasteiger partial charge in [-0.25, -0.2) is 0 Å². The lowest BCUT2D eigenvalue weighted by Crippen LogP contribution is -2.33. The fraction of sp³-hybridized carbons (Fsp3) is 0.533. The Morgan fingerprint density at radius 3 is 2.56 bits per heavy atom. The lowest BCUT2D eigenvalue weighted by Gasteiger charge is -2.23. The smallest absolute Gasteiger partial charge is 0.225 e. The van der Waals surface area contributed by atoms with Crippen molar-refractivity contribution in [3.63, 3.8) is 0 Å². The van der Waals surface area contributed by atoms with E-state index in [9.17, 15) is 4.79 Å². The van der Waals surface area contributed by atoms with E-state index in [0.29, 0.717) is 18.4 Å². The van der Waals surface area contributed by atoms with Crippen LogP contribution in [0.2, 0.25) is 0 Å². The lowest BCUT2D eigenvalue weighted by atomic mass is 9.96. The molecule has 18 heavy (non-hydrogen) atoms. The van der Waals surface area contributed by atoms with E-state index >= 15 is 0 Å². The lowest BCUT2D eigenvalue weighted by molar-refractivity contribution is -0.135. The van der Waals surface area contributed by atoms with E-state index in [-0.39, 0.29) is 5.92 Å². The summed E-state index contributed by atoms with van der Waals surface area (Å²) in [5.41, 5.74) is 1.18. The van der Waals surface area contributed by atoms with Crippen LogP contribution in [0.25, 0.3) is 0 Å². The van der Waals surface area contributed by atoms with E-state index in [1.54, 1.807) is 0 Å². The molecule has 0 radical (unpaired) electrons. The molecule has 0 saturated heterocycles. The molecular weight excluding hydrogens is 290 g/mol. The van der Waals surface area contributed by atoms with Crippen molar-refractivity contribution in [1.29, 1.82) is 0 Å². The molecule has 3 heteroatoms. The highest BCUT2D eigenvalue weighted by Gasteiger charge is 2.31. The van der Waals surface area contributed by atoms with Gasteiger partial charge in [-0.3, -0.25) is 4.79 Å². The number of hydrogen-bond donors (Lipinski definition) is 0. The summed E-state index contributed by atoms with van der Waals surface area (Å²) in [7, 11) is 1.91. The number of rotatable bonds is 3. The van der Waals surface area contributed by atoms with Gasteiger partial charge >= 0.3 is 0 Å². The Kier molecular flexibility index (Phi) is 4.44. The summed E-state index contributed by atoms with van der Waals surface area (Å²) in [4.78, 5) is 14.2. The average molecular weight is 310 g/mol. The fourth-order valence-electron chi connectivity index (χ4n) is 2.74. The van der Waals surface area contributed by atoms with E-state index in [1.807, 2.05) is 24.1 Å². The molecule has 1 saturated carbocycles. The SMILES string of the molecule is CC1CCCC1C(=O)N(C)Cc1ccc(Br)cc1. The van der Waals surface area contributed by atoms with E-state index < -0.39 is 0 Å². The standard InChI is InChI=1S/C15H20BrNO/c1-11-4-3-5-14(11)15(18)17(2)10-12-6-8-13(16)9-7-12/h6-9,11,14H,3-5,10H2,1-2H3. The first kappa shape index (κ1) is 13.6. The molecule has 0 heterocycles. The van der Waals surface area contributed by atoms with Crippen molar-refractivity contribution in [3.8, 4) is 0 Å². The van der Waals surface area contributed by atoms with Crippen molar-refractivity contribution in [1.82, 2.24) is 4.90 Å². The molecule has 2 atom stereocenters. The van der Waals surface area contributed by atoms with Crippen LogP contribution in [0.5, 0.6) is 0 Å². The highest BCUT2D eigenvalue weighted by Crippen LogP contribution is 2.32. The Bertz CT molecular complexity index is 415. The molecule has 0 N–H and O–H groups in total. The molecule has 98 valence electrons. The van der Waals surface area contributed by atoms with Crippen LogP contribution in [0.1, 0.15) is 31.7 Å². The molecule has 0 spiro atoms. The third kappa shape index (κ3) is 3.14. The van der Waals surface area contributed by atoms with Crippen molar-refractivity contribution >= 4 is 21.8 Å². The Morgan fingerprint density at radius 2 is 2.00 bits per heavy atom. The number of carbonyl (C=O) groups excluding carboxylic acids is 1. The summed E-state index contributed by atoms with van der Waals surface area (Å²) in [6.07, 6.45) is 3.46. The molecule has 2 nitrogen and oxygen atoms in total. The Labute approximate surface area is 117 Å². The first-order valence-electron chi connectivity index (χ1n) is 6.57. The van der Waals surface area contributed by atoms with Crippen molar-refractivity contribution < 1.29 is 4.79 Å². The third-order valence-corrected chi connectivity index (χ3v) is 4.42. The summed E-state index contributed by atoms with van der Waals surface area (Å²) in [6, 6.07) is 8.16. The quantitative estimate of drug-likeness (QED) is 0.830. The highest BCUT2D eigenvalue weighted by atomic mass is 79.9. The summed E-state index contributed by atoms with van der Waals surface area (Å²) < 4.78 is 1.07. The van der Waals surface area contributed by atoms with Crippen LogP contribution in [-0.4, -0.2) is 17.9 Å². The first-order valence-corrected chi connectivity index (χ1v) is 7.36. The second-order valence-electron chi connectivity index (χ2n) is 5.34. The molecule has 1 fully saturated rings. The fourth-order valence-corrected chi connectivity index (χ4v) is 3.00. The average Bonchev–Trinajstić information content (AvgIpc) is 2.77. The molecule has 0 aromatic heterocycles. The minimum absolute atomic E-state index is 0.241. The minimum atomic E-state index is 0.241. The zero-order chi connectivity index (χ0) is 13.1. The number of benzene rings is 1. The van der Waals surface area contributed by atoms with Gasteiger partial charge in [0, 0.05) is 24.0 Å². The van der Waals surface area contributed by atoms with Gasteiger partial charge in [0.15, 0.2) is 0 Å². The van der Waals surface area contributed by atoms with Crippen LogP contribution in [0.3, 0.4) is 0 Å². The molecular formula is C15H20BrNO. The van der Waals surface area contributed by atoms with E-state index in [2.05, 4.69) is 35.0 Å². The number of halogens is 1. The summed E-state index contributed by atoms with van der Waals surface area (Å²) in [6.45, 7) is 2.90. The predicted octanol–water partition coefficient (Wildman–Crippen LogP) is 3.84.